The van der Waals surface area contributed by atoms with Gasteiger partial charge in [0.15, 0.2) is 0 Å². The minimum atomic E-state index is -0.0591. The van der Waals surface area contributed by atoms with Gasteiger partial charge in [0.2, 0.25) is 0 Å². The third-order valence-electron chi connectivity index (χ3n) is 3.96. The molecule has 0 saturated carbocycles. The van der Waals surface area contributed by atoms with E-state index in [4.69, 9.17) is 23.2 Å². The number of rotatable bonds is 3. The van der Waals surface area contributed by atoms with Gasteiger partial charge in [-0.05, 0) is 35.4 Å². The lowest BCUT2D eigenvalue weighted by molar-refractivity contribution is 0.749. The van der Waals surface area contributed by atoms with E-state index < -0.39 is 0 Å². The van der Waals surface area contributed by atoms with Crippen LogP contribution < -0.4 is 5.56 Å². The van der Waals surface area contributed by atoms with Crippen molar-refractivity contribution in [3.8, 4) is 11.1 Å². The molecule has 0 radical (unpaired) electrons. The van der Waals surface area contributed by atoms with Gasteiger partial charge in [-0.2, -0.15) is 0 Å². The molecule has 0 saturated heterocycles. The molecule has 0 spiro atoms. The van der Waals surface area contributed by atoms with Gasteiger partial charge in [0, 0.05) is 21.0 Å². The Morgan fingerprint density at radius 1 is 1.04 bits per heavy atom. The summed E-state index contributed by atoms with van der Waals surface area (Å²) in [6, 6.07) is 14.9. The van der Waals surface area contributed by atoms with Crippen LogP contribution in [-0.4, -0.2) is 9.55 Å². The number of fused-ring (bicyclic) bond motifs is 1. The highest BCUT2D eigenvalue weighted by Crippen LogP contribution is 2.31. The molecule has 2 aromatic carbocycles. The number of nitrogens with zero attached hydrogens (tertiary/aromatic N) is 2. The Labute approximate surface area is 158 Å². The zero-order valence-corrected chi connectivity index (χ0v) is 15.3. The van der Waals surface area contributed by atoms with Crippen LogP contribution in [0.25, 0.3) is 21.3 Å². The maximum Gasteiger partial charge on any atom is 0.263 e. The normalized spacial score (nSPS) is 11.1. The minimum Gasteiger partial charge on any atom is -0.294 e. The van der Waals surface area contributed by atoms with E-state index in [9.17, 15) is 4.79 Å². The van der Waals surface area contributed by atoms with Crippen molar-refractivity contribution in [2.24, 2.45) is 0 Å². The van der Waals surface area contributed by atoms with Gasteiger partial charge in [0.1, 0.15) is 4.83 Å². The number of aromatic nitrogens is 2. The van der Waals surface area contributed by atoms with E-state index in [-0.39, 0.29) is 5.56 Å². The monoisotopic (exact) mass is 386 g/mol. The van der Waals surface area contributed by atoms with Crippen molar-refractivity contribution in [3.63, 3.8) is 0 Å². The molecule has 4 aromatic rings. The van der Waals surface area contributed by atoms with Crippen LogP contribution in [0.4, 0.5) is 0 Å². The molecule has 0 N–H and O–H groups in total. The molecule has 2 aromatic heterocycles. The fourth-order valence-corrected chi connectivity index (χ4v) is 4.00. The highest BCUT2D eigenvalue weighted by molar-refractivity contribution is 7.17. The SMILES string of the molecule is O=c1c2c(-c3ccc(Cl)cc3)csc2ncn1Cc1cccc(Cl)c1. The second kappa shape index (κ2) is 6.64. The van der Waals surface area contributed by atoms with E-state index in [1.54, 1.807) is 10.9 Å². The lowest BCUT2D eigenvalue weighted by Gasteiger charge is -2.07. The van der Waals surface area contributed by atoms with Crippen molar-refractivity contribution in [1.82, 2.24) is 9.55 Å². The molecule has 0 amide bonds. The largest absolute Gasteiger partial charge is 0.294 e. The molecule has 124 valence electrons. The summed E-state index contributed by atoms with van der Waals surface area (Å²) >= 11 is 13.5. The summed E-state index contributed by atoms with van der Waals surface area (Å²) in [5, 5.41) is 3.92. The van der Waals surface area contributed by atoms with Gasteiger partial charge in [0.05, 0.1) is 18.3 Å². The van der Waals surface area contributed by atoms with Crippen molar-refractivity contribution >= 4 is 44.8 Å². The second-order valence-corrected chi connectivity index (χ2v) is 7.37. The summed E-state index contributed by atoms with van der Waals surface area (Å²) in [4.78, 5) is 18.2. The second-order valence-electron chi connectivity index (χ2n) is 5.64. The topological polar surface area (TPSA) is 34.9 Å². The van der Waals surface area contributed by atoms with Crippen molar-refractivity contribution in [2.75, 3.05) is 0 Å². The van der Waals surface area contributed by atoms with Gasteiger partial charge in [0.25, 0.3) is 5.56 Å². The molecule has 0 unspecified atom stereocenters. The van der Waals surface area contributed by atoms with Crippen molar-refractivity contribution < 1.29 is 0 Å². The highest BCUT2D eigenvalue weighted by Gasteiger charge is 2.13. The van der Waals surface area contributed by atoms with Crippen LogP contribution in [-0.2, 0) is 6.54 Å². The van der Waals surface area contributed by atoms with E-state index in [0.717, 1.165) is 21.5 Å². The Morgan fingerprint density at radius 2 is 1.84 bits per heavy atom. The molecule has 0 aliphatic heterocycles. The first-order valence-electron chi connectivity index (χ1n) is 7.59. The average Bonchev–Trinajstić information content (AvgIpc) is 3.03. The summed E-state index contributed by atoms with van der Waals surface area (Å²) in [5.41, 5.74) is 2.74. The number of hydrogen-bond acceptors (Lipinski definition) is 3. The van der Waals surface area contributed by atoms with Crippen LogP contribution in [0.15, 0.2) is 65.0 Å². The van der Waals surface area contributed by atoms with E-state index in [1.165, 1.54) is 11.3 Å². The fraction of sp³-hybridized carbons (Fsp3) is 0.0526. The van der Waals surface area contributed by atoms with Crippen molar-refractivity contribution in [1.29, 1.82) is 0 Å². The first-order chi connectivity index (χ1) is 12.1. The van der Waals surface area contributed by atoms with Crippen LogP contribution in [0.2, 0.25) is 10.0 Å². The van der Waals surface area contributed by atoms with Crippen LogP contribution in [0.5, 0.6) is 0 Å². The fourth-order valence-electron chi connectivity index (χ4n) is 2.75. The molecule has 6 heteroatoms. The summed E-state index contributed by atoms with van der Waals surface area (Å²) in [6.07, 6.45) is 1.59. The Bertz CT molecular complexity index is 1120. The Kier molecular flexibility index (Phi) is 4.34. The first-order valence-corrected chi connectivity index (χ1v) is 9.22. The lowest BCUT2D eigenvalue weighted by atomic mass is 10.1. The molecular weight excluding hydrogens is 375 g/mol. The summed E-state index contributed by atoms with van der Waals surface area (Å²) in [7, 11) is 0. The number of thiophene rings is 1. The lowest BCUT2D eigenvalue weighted by Crippen LogP contribution is -2.20. The third-order valence-corrected chi connectivity index (χ3v) is 5.33. The standard InChI is InChI=1S/C19H12Cl2N2OS/c20-14-6-4-13(5-7-14)16-10-25-18-17(16)19(24)23(11-22-18)9-12-2-1-3-15(21)8-12/h1-8,10-11H,9H2. The smallest absolute Gasteiger partial charge is 0.263 e. The molecule has 3 nitrogen and oxygen atoms in total. The van der Waals surface area contributed by atoms with Gasteiger partial charge >= 0.3 is 0 Å². The Balaban J connectivity index is 1.83. The average molecular weight is 387 g/mol. The molecule has 0 fully saturated rings. The van der Waals surface area contributed by atoms with E-state index in [1.807, 2.05) is 53.9 Å². The van der Waals surface area contributed by atoms with E-state index in [2.05, 4.69) is 4.98 Å². The quantitative estimate of drug-likeness (QED) is 0.467. The molecule has 2 heterocycles. The van der Waals surface area contributed by atoms with Gasteiger partial charge in [-0.3, -0.25) is 9.36 Å². The number of hydrogen-bond donors (Lipinski definition) is 0. The van der Waals surface area contributed by atoms with Crippen LogP contribution >= 0.6 is 34.5 Å². The van der Waals surface area contributed by atoms with Crippen molar-refractivity contribution in [2.45, 2.75) is 6.54 Å². The van der Waals surface area contributed by atoms with Crippen molar-refractivity contribution in [3.05, 3.63) is 86.2 Å². The molecule has 25 heavy (non-hydrogen) atoms. The van der Waals surface area contributed by atoms with E-state index >= 15 is 0 Å². The minimum absolute atomic E-state index is 0.0591. The maximum atomic E-state index is 13.0. The molecule has 0 bridgehead atoms. The summed E-state index contributed by atoms with van der Waals surface area (Å²) < 4.78 is 1.61. The highest BCUT2D eigenvalue weighted by atomic mass is 35.5. The van der Waals surface area contributed by atoms with Crippen LogP contribution in [0, 0.1) is 0 Å². The Morgan fingerprint density at radius 3 is 2.60 bits per heavy atom. The van der Waals surface area contributed by atoms with Gasteiger partial charge in [-0.1, -0.05) is 47.5 Å². The molecule has 0 aliphatic carbocycles. The van der Waals surface area contributed by atoms with Crippen LogP contribution in [0.1, 0.15) is 5.56 Å². The predicted octanol–water partition coefficient (Wildman–Crippen LogP) is 5.48. The zero-order chi connectivity index (χ0) is 17.4. The predicted molar refractivity (Wildman–Crippen MR) is 105 cm³/mol. The first kappa shape index (κ1) is 16.3. The number of halogens is 2. The molecule has 0 atom stereocenters. The van der Waals surface area contributed by atoms with Gasteiger partial charge < -0.3 is 0 Å². The zero-order valence-electron chi connectivity index (χ0n) is 12.9. The van der Waals surface area contributed by atoms with Gasteiger partial charge in [-0.15, -0.1) is 11.3 Å². The van der Waals surface area contributed by atoms with E-state index in [0.29, 0.717) is 22.0 Å². The third kappa shape index (κ3) is 3.21. The summed E-state index contributed by atoms with van der Waals surface area (Å²) in [5.74, 6) is 0. The maximum absolute atomic E-state index is 13.0. The van der Waals surface area contributed by atoms with Gasteiger partial charge in [-0.25, -0.2) is 4.98 Å². The molecular formula is C19H12Cl2N2OS. The molecule has 4 rings (SSSR count). The number of benzene rings is 2. The Hall–Kier alpha value is -2.14. The summed E-state index contributed by atoms with van der Waals surface area (Å²) in [6.45, 7) is 0.429. The van der Waals surface area contributed by atoms with Crippen LogP contribution in [0.3, 0.4) is 0 Å². The molecule has 0 aliphatic rings.